The lowest BCUT2D eigenvalue weighted by Crippen LogP contribution is -2.54. The van der Waals surface area contributed by atoms with Crippen LogP contribution >= 0.6 is 0 Å². The number of piperidine rings is 1. The molecule has 8 nitrogen and oxygen atoms in total. The molecule has 3 heterocycles. The van der Waals surface area contributed by atoms with Crippen LogP contribution in [-0.4, -0.2) is 58.3 Å². The van der Waals surface area contributed by atoms with Gasteiger partial charge < -0.3 is 20.1 Å². The first kappa shape index (κ1) is 18.1. The van der Waals surface area contributed by atoms with Crippen LogP contribution in [0.2, 0.25) is 0 Å². The van der Waals surface area contributed by atoms with Crippen molar-refractivity contribution in [1.82, 2.24) is 20.3 Å². The van der Waals surface area contributed by atoms with Gasteiger partial charge in [-0.05, 0) is 31.9 Å². The van der Waals surface area contributed by atoms with Crippen LogP contribution in [0.5, 0.6) is 5.88 Å². The van der Waals surface area contributed by atoms with Crippen LogP contribution in [0.1, 0.15) is 28.9 Å². The number of hydrogen-bond acceptors (Lipinski definition) is 7. The van der Waals surface area contributed by atoms with Crippen LogP contribution in [0.25, 0.3) is 0 Å². The van der Waals surface area contributed by atoms with Crippen molar-refractivity contribution >= 4 is 11.7 Å². The molecule has 0 spiro atoms. The molecule has 1 atom stereocenters. The molecule has 1 aliphatic rings. The van der Waals surface area contributed by atoms with Crippen LogP contribution in [0, 0.1) is 6.92 Å². The number of anilines is 1. The van der Waals surface area contributed by atoms with E-state index >= 15 is 0 Å². The second-order valence-electron chi connectivity index (χ2n) is 6.51. The van der Waals surface area contributed by atoms with Gasteiger partial charge >= 0.3 is 0 Å². The summed E-state index contributed by atoms with van der Waals surface area (Å²) in [5.74, 6) is 0.730. The van der Waals surface area contributed by atoms with E-state index in [1.807, 2.05) is 17.9 Å². The average molecular weight is 357 g/mol. The Morgan fingerprint density at radius 3 is 3.04 bits per heavy atom. The lowest BCUT2D eigenvalue weighted by molar-refractivity contribution is 0.0254. The number of hydrogen-bond donors (Lipinski definition) is 2. The summed E-state index contributed by atoms with van der Waals surface area (Å²) in [6.07, 6.45) is 4.50. The van der Waals surface area contributed by atoms with Gasteiger partial charge in [0.15, 0.2) is 0 Å². The molecule has 0 saturated carbocycles. The second kappa shape index (κ2) is 7.65. The zero-order chi connectivity index (χ0) is 18.6. The van der Waals surface area contributed by atoms with Gasteiger partial charge in [0.25, 0.3) is 5.91 Å². The maximum absolute atomic E-state index is 12.4. The van der Waals surface area contributed by atoms with E-state index in [0.717, 1.165) is 24.5 Å². The molecule has 2 aromatic heterocycles. The van der Waals surface area contributed by atoms with Crippen molar-refractivity contribution in [2.24, 2.45) is 0 Å². The fourth-order valence-electron chi connectivity index (χ4n) is 3.13. The topological polar surface area (TPSA) is 100 Å². The van der Waals surface area contributed by atoms with Gasteiger partial charge in [0.1, 0.15) is 17.7 Å². The minimum atomic E-state index is -1.03. The monoisotopic (exact) mass is 357 g/mol. The summed E-state index contributed by atoms with van der Waals surface area (Å²) in [6.45, 7) is 3.25. The molecule has 0 aliphatic carbocycles. The Kier molecular flexibility index (Phi) is 5.32. The van der Waals surface area contributed by atoms with Gasteiger partial charge in [-0.3, -0.25) is 4.79 Å². The first-order valence-electron chi connectivity index (χ1n) is 8.54. The summed E-state index contributed by atoms with van der Waals surface area (Å²) in [5.41, 5.74) is 0.196. The molecule has 1 aliphatic heterocycles. The van der Waals surface area contributed by atoms with Crippen LogP contribution in [0.15, 0.2) is 30.7 Å². The molecule has 0 unspecified atom stereocenters. The van der Waals surface area contributed by atoms with E-state index in [-0.39, 0.29) is 18.3 Å². The standard InChI is InChI=1S/C18H23N5O3/c1-13-9-15(22-12-21-13)23-8-4-6-18(25,11-23)10-20-16(24)14-5-3-7-19-17(14)26-2/h3,5,7,9,12,25H,4,6,8,10-11H2,1-2H3,(H,20,24)/t18-/m0/s1. The van der Waals surface area contributed by atoms with E-state index in [4.69, 9.17) is 4.74 Å². The number of aryl methyl sites for hydroxylation is 1. The van der Waals surface area contributed by atoms with E-state index in [1.165, 1.54) is 13.4 Å². The van der Waals surface area contributed by atoms with Crippen molar-refractivity contribution in [3.8, 4) is 5.88 Å². The number of aliphatic hydroxyl groups is 1. The number of rotatable bonds is 5. The van der Waals surface area contributed by atoms with Crippen molar-refractivity contribution in [1.29, 1.82) is 0 Å². The third kappa shape index (κ3) is 4.08. The maximum Gasteiger partial charge on any atom is 0.256 e. The highest BCUT2D eigenvalue weighted by Crippen LogP contribution is 2.25. The summed E-state index contributed by atoms with van der Waals surface area (Å²) >= 11 is 0. The number of nitrogens with zero attached hydrogens (tertiary/aromatic N) is 4. The zero-order valence-corrected chi connectivity index (χ0v) is 15.0. The third-order valence-corrected chi connectivity index (χ3v) is 4.46. The van der Waals surface area contributed by atoms with Gasteiger partial charge in [-0.2, -0.15) is 0 Å². The summed E-state index contributed by atoms with van der Waals surface area (Å²) in [7, 11) is 1.47. The molecular weight excluding hydrogens is 334 g/mol. The fraction of sp³-hybridized carbons (Fsp3) is 0.444. The van der Waals surface area contributed by atoms with E-state index in [0.29, 0.717) is 18.5 Å². The number of ether oxygens (including phenoxy) is 1. The highest BCUT2D eigenvalue weighted by atomic mass is 16.5. The normalized spacial score (nSPS) is 19.9. The lowest BCUT2D eigenvalue weighted by atomic mass is 9.92. The van der Waals surface area contributed by atoms with E-state index < -0.39 is 5.60 Å². The first-order chi connectivity index (χ1) is 12.5. The molecule has 3 rings (SSSR count). The second-order valence-corrected chi connectivity index (χ2v) is 6.51. The van der Waals surface area contributed by atoms with Crippen LogP contribution < -0.4 is 15.0 Å². The molecular formula is C18H23N5O3. The predicted molar refractivity (Wildman–Crippen MR) is 96.3 cm³/mol. The van der Waals surface area contributed by atoms with E-state index in [9.17, 15) is 9.90 Å². The number of β-amino-alcohol motifs (C(OH)–C–C–N with tert-alkyl or cyclic N) is 1. The zero-order valence-electron chi connectivity index (χ0n) is 15.0. The SMILES string of the molecule is COc1ncccc1C(=O)NC[C@@]1(O)CCCN(c2cc(C)ncn2)C1. The summed E-state index contributed by atoms with van der Waals surface area (Å²) in [5, 5.41) is 13.7. The molecule has 1 amide bonds. The van der Waals surface area contributed by atoms with Crippen LogP contribution in [0.3, 0.4) is 0 Å². The number of nitrogens with one attached hydrogen (secondary N) is 1. The van der Waals surface area contributed by atoms with Crippen molar-refractivity contribution in [2.75, 3.05) is 31.6 Å². The molecule has 0 radical (unpaired) electrons. The minimum Gasteiger partial charge on any atom is -0.480 e. The maximum atomic E-state index is 12.4. The predicted octanol–water partition coefficient (Wildman–Crippen LogP) is 0.950. The van der Waals surface area contributed by atoms with Gasteiger partial charge in [0.2, 0.25) is 5.88 Å². The number of aromatic nitrogens is 3. The molecule has 2 N–H and O–H groups in total. The number of pyridine rings is 1. The Bertz CT molecular complexity index is 785. The first-order valence-corrected chi connectivity index (χ1v) is 8.54. The number of amides is 1. The van der Waals surface area contributed by atoms with Crippen LogP contribution in [0.4, 0.5) is 5.82 Å². The number of carbonyl (C=O) groups excluding carboxylic acids is 1. The van der Waals surface area contributed by atoms with Gasteiger partial charge in [-0.25, -0.2) is 15.0 Å². The van der Waals surface area contributed by atoms with Gasteiger partial charge in [0, 0.05) is 37.6 Å². The van der Waals surface area contributed by atoms with E-state index in [2.05, 4.69) is 20.3 Å². The third-order valence-electron chi connectivity index (χ3n) is 4.46. The highest BCUT2D eigenvalue weighted by molar-refractivity contribution is 5.96. The molecule has 2 aromatic rings. The molecule has 1 saturated heterocycles. The van der Waals surface area contributed by atoms with Gasteiger partial charge in [0.05, 0.1) is 12.7 Å². The summed E-state index contributed by atoms with van der Waals surface area (Å²) in [4.78, 5) is 26.9. The molecule has 0 bridgehead atoms. The molecule has 8 heteroatoms. The Labute approximate surface area is 152 Å². The van der Waals surface area contributed by atoms with Gasteiger partial charge in [-0.1, -0.05) is 0 Å². The Balaban J connectivity index is 1.66. The fourth-order valence-corrected chi connectivity index (χ4v) is 3.13. The number of carbonyl (C=O) groups is 1. The van der Waals surface area contributed by atoms with Crippen molar-refractivity contribution in [3.05, 3.63) is 42.0 Å². The smallest absolute Gasteiger partial charge is 0.256 e. The Hall–Kier alpha value is -2.74. The van der Waals surface area contributed by atoms with Gasteiger partial charge in [-0.15, -0.1) is 0 Å². The molecule has 138 valence electrons. The largest absolute Gasteiger partial charge is 0.480 e. The molecule has 0 aromatic carbocycles. The highest BCUT2D eigenvalue weighted by Gasteiger charge is 2.34. The average Bonchev–Trinajstić information content (AvgIpc) is 2.66. The Morgan fingerprint density at radius 1 is 1.42 bits per heavy atom. The van der Waals surface area contributed by atoms with Crippen molar-refractivity contribution in [2.45, 2.75) is 25.4 Å². The minimum absolute atomic E-state index is 0.143. The number of methoxy groups -OCH3 is 1. The summed E-state index contributed by atoms with van der Waals surface area (Å²) in [6, 6.07) is 5.21. The summed E-state index contributed by atoms with van der Waals surface area (Å²) < 4.78 is 5.11. The molecule has 26 heavy (non-hydrogen) atoms. The van der Waals surface area contributed by atoms with Crippen LogP contribution in [-0.2, 0) is 0 Å². The quantitative estimate of drug-likeness (QED) is 0.822. The van der Waals surface area contributed by atoms with E-state index in [1.54, 1.807) is 18.3 Å². The van der Waals surface area contributed by atoms with Crippen molar-refractivity contribution < 1.29 is 14.6 Å². The molecule has 1 fully saturated rings. The lowest BCUT2D eigenvalue weighted by Gasteiger charge is -2.39. The van der Waals surface area contributed by atoms with Crippen molar-refractivity contribution in [3.63, 3.8) is 0 Å². The Morgan fingerprint density at radius 2 is 2.27 bits per heavy atom.